The summed E-state index contributed by atoms with van der Waals surface area (Å²) in [5, 5.41) is 13.3. The van der Waals surface area contributed by atoms with Gasteiger partial charge in [0.05, 0.1) is 13.2 Å². The number of aliphatic hydroxyl groups is 1. The molecule has 1 aliphatic carbocycles. The van der Waals surface area contributed by atoms with Crippen LogP contribution in [0.25, 0.3) is 0 Å². The van der Waals surface area contributed by atoms with E-state index in [9.17, 15) is 9.90 Å². The highest BCUT2D eigenvalue weighted by Gasteiger charge is 2.31. The van der Waals surface area contributed by atoms with Gasteiger partial charge in [-0.15, -0.1) is 0 Å². The maximum absolute atomic E-state index is 11.9. The Morgan fingerprint density at radius 2 is 2.27 bits per heavy atom. The van der Waals surface area contributed by atoms with Gasteiger partial charge >= 0.3 is 6.03 Å². The topological polar surface area (TPSA) is 61.8 Å². The Morgan fingerprint density at radius 1 is 1.55 bits per heavy atom. The third-order valence-corrected chi connectivity index (χ3v) is 4.26. The third-order valence-electron chi connectivity index (χ3n) is 3.90. The first-order chi connectivity index (χ1) is 10.5. The van der Waals surface area contributed by atoms with Crippen molar-refractivity contribution in [2.75, 3.05) is 27.2 Å². The van der Waals surface area contributed by atoms with Crippen molar-refractivity contribution < 1.29 is 14.6 Å². The molecule has 2 amide bonds. The minimum atomic E-state index is -0.410. The van der Waals surface area contributed by atoms with Crippen LogP contribution in [0, 0.1) is 5.92 Å². The molecule has 0 bridgehead atoms. The van der Waals surface area contributed by atoms with E-state index in [2.05, 4.69) is 5.32 Å². The fourth-order valence-corrected chi connectivity index (χ4v) is 2.56. The van der Waals surface area contributed by atoms with Crippen molar-refractivity contribution in [1.82, 2.24) is 10.2 Å². The van der Waals surface area contributed by atoms with Crippen molar-refractivity contribution >= 4 is 17.6 Å². The van der Waals surface area contributed by atoms with E-state index in [1.165, 1.54) is 4.90 Å². The fraction of sp³-hybridized carbons (Fsp3) is 0.562. The number of rotatable bonds is 7. The second-order valence-electron chi connectivity index (χ2n) is 5.72. The second kappa shape index (κ2) is 7.70. The van der Waals surface area contributed by atoms with Crippen LogP contribution in [0.3, 0.4) is 0 Å². The first kappa shape index (κ1) is 16.9. The summed E-state index contributed by atoms with van der Waals surface area (Å²) < 4.78 is 5.10. The molecule has 122 valence electrons. The summed E-state index contributed by atoms with van der Waals surface area (Å²) in [5.74, 6) is 1.08. The van der Waals surface area contributed by atoms with Crippen molar-refractivity contribution in [3.8, 4) is 5.75 Å². The lowest BCUT2D eigenvalue weighted by molar-refractivity contribution is 0.113. The summed E-state index contributed by atoms with van der Waals surface area (Å²) in [6.07, 6.45) is 2.36. The maximum Gasteiger partial charge on any atom is 0.317 e. The zero-order chi connectivity index (χ0) is 16.1. The number of nitrogens with one attached hydrogen (secondary N) is 1. The van der Waals surface area contributed by atoms with Crippen LogP contribution in [0.4, 0.5) is 4.79 Å². The van der Waals surface area contributed by atoms with Gasteiger partial charge in [0, 0.05) is 25.2 Å². The number of carbonyl (C=O) groups excluding carboxylic acids is 1. The smallest absolute Gasteiger partial charge is 0.317 e. The van der Waals surface area contributed by atoms with Crippen LogP contribution < -0.4 is 10.1 Å². The number of hydrogen-bond acceptors (Lipinski definition) is 3. The molecule has 2 rings (SSSR count). The third kappa shape index (κ3) is 4.78. The Bertz CT molecular complexity index is 520. The van der Waals surface area contributed by atoms with Gasteiger partial charge in [-0.25, -0.2) is 4.79 Å². The largest absolute Gasteiger partial charge is 0.497 e. The van der Waals surface area contributed by atoms with Crippen LogP contribution in [0.1, 0.15) is 18.4 Å². The Hall–Kier alpha value is -1.46. The average molecular weight is 327 g/mol. The standard InChI is InChI=1S/C16H23ClN2O3/c1-19(10-15(20)12-3-4-12)16(21)18-8-7-11-5-6-13(22-2)9-14(11)17/h5-6,9,12,15,20H,3-4,7-8,10H2,1-2H3,(H,18,21). The Morgan fingerprint density at radius 3 is 2.86 bits per heavy atom. The van der Waals surface area contributed by atoms with Crippen LogP contribution in [-0.4, -0.2) is 49.4 Å². The van der Waals surface area contributed by atoms with Crippen LogP contribution >= 0.6 is 11.6 Å². The Labute approximate surface area is 136 Å². The number of likely N-dealkylation sites (N-methyl/N-ethyl adjacent to an activating group) is 1. The van der Waals surface area contributed by atoms with Gasteiger partial charge in [0.25, 0.3) is 0 Å². The van der Waals surface area contributed by atoms with Gasteiger partial charge in [0.1, 0.15) is 5.75 Å². The summed E-state index contributed by atoms with van der Waals surface area (Å²) in [6, 6.07) is 5.33. The summed E-state index contributed by atoms with van der Waals surface area (Å²) in [4.78, 5) is 13.5. The number of carbonyl (C=O) groups is 1. The summed E-state index contributed by atoms with van der Waals surface area (Å²) in [7, 11) is 3.29. The first-order valence-electron chi connectivity index (χ1n) is 7.50. The predicted octanol–water partition coefficient (Wildman–Crippen LogP) is 2.30. The molecule has 1 aliphatic rings. The lowest BCUT2D eigenvalue weighted by atomic mass is 10.1. The zero-order valence-corrected chi connectivity index (χ0v) is 13.8. The van der Waals surface area contributed by atoms with E-state index in [1.807, 2.05) is 12.1 Å². The molecule has 22 heavy (non-hydrogen) atoms. The van der Waals surface area contributed by atoms with Crippen molar-refractivity contribution in [3.63, 3.8) is 0 Å². The molecule has 0 heterocycles. The number of nitrogens with zero attached hydrogens (tertiary/aromatic N) is 1. The van der Waals surface area contributed by atoms with E-state index in [0.717, 1.165) is 18.4 Å². The molecule has 5 nitrogen and oxygen atoms in total. The molecule has 1 saturated carbocycles. The van der Waals surface area contributed by atoms with E-state index in [0.29, 0.717) is 36.2 Å². The van der Waals surface area contributed by atoms with Gasteiger partial charge in [0.15, 0.2) is 0 Å². The quantitative estimate of drug-likeness (QED) is 0.808. The van der Waals surface area contributed by atoms with Crippen LogP contribution in [0.5, 0.6) is 5.75 Å². The number of ether oxygens (including phenoxy) is 1. The van der Waals surface area contributed by atoms with E-state index in [-0.39, 0.29) is 6.03 Å². The van der Waals surface area contributed by atoms with Gasteiger partial charge in [0.2, 0.25) is 0 Å². The number of methoxy groups -OCH3 is 1. The lowest BCUT2D eigenvalue weighted by Crippen LogP contribution is -2.42. The maximum atomic E-state index is 11.9. The van der Waals surface area contributed by atoms with E-state index in [1.54, 1.807) is 20.2 Å². The van der Waals surface area contributed by atoms with Gasteiger partial charge in [-0.1, -0.05) is 17.7 Å². The van der Waals surface area contributed by atoms with Gasteiger partial charge in [-0.2, -0.15) is 0 Å². The van der Waals surface area contributed by atoms with Gasteiger partial charge in [-0.3, -0.25) is 0 Å². The van der Waals surface area contributed by atoms with Crippen molar-refractivity contribution in [1.29, 1.82) is 0 Å². The average Bonchev–Trinajstić information content (AvgIpc) is 3.33. The zero-order valence-electron chi connectivity index (χ0n) is 13.0. The Kier molecular flexibility index (Phi) is 5.91. The summed E-state index contributed by atoms with van der Waals surface area (Å²) in [6.45, 7) is 0.870. The molecule has 1 atom stereocenters. The van der Waals surface area contributed by atoms with Gasteiger partial charge < -0.3 is 20.1 Å². The predicted molar refractivity (Wildman–Crippen MR) is 86.5 cm³/mol. The first-order valence-corrected chi connectivity index (χ1v) is 7.88. The molecular formula is C16H23ClN2O3. The molecule has 0 saturated heterocycles. The highest BCUT2D eigenvalue weighted by atomic mass is 35.5. The minimum Gasteiger partial charge on any atom is -0.497 e. The van der Waals surface area contributed by atoms with E-state index >= 15 is 0 Å². The summed E-state index contributed by atoms with van der Waals surface area (Å²) in [5.41, 5.74) is 0.962. The second-order valence-corrected chi connectivity index (χ2v) is 6.13. The Balaban J connectivity index is 1.74. The van der Waals surface area contributed by atoms with Crippen molar-refractivity contribution in [2.45, 2.75) is 25.4 Å². The molecule has 0 radical (unpaired) electrons. The number of urea groups is 1. The monoisotopic (exact) mass is 326 g/mol. The van der Waals surface area contributed by atoms with Crippen LogP contribution in [0.2, 0.25) is 5.02 Å². The molecule has 1 unspecified atom stereocenters. The summed E-state index contributed by atoms with van der Waals surface area (Å²) >= 11 is 6.16. The molecular weight excluding hydrogens is 304 g/mol. The highest BCUT2D eigenvalue weighted by molar-refractivity contribution is 6.31. The SMILES string of the molecule is COc1ccc(CCNC(=O)N(C)CC(O)C2CC2)c(Cl)c1. The molecule has 1 fully saturated rings. The number of halogens is 1. The molecule has 0 aromatic heterocycles. The molecule has 0 aliphatic heterocycles. The normalized spacial score (nSPS) is 15.3. The number of hydrogen-bond donors (Lipinski definition) is 2. The molecule has 1 aromatic rings. The van der Waals surface area contributed by atoms with E-state index in [4.69, 9.17) is 16.3 Å². The van der Waals surface area contributed by atoms with Crippen molar-refractivity contribution in [2.24, 2.45) is 5.92 Å². The minimum absolute atomic E-state index is 0.177. The highest BCUT2D eigenvalue weighted by Crippen LogP contribution is 2.32. The van der Waals surface area contributed by atoms with Crippen LogP contribution in [0.15, 0.2) is 18.2 Å². The molecule has 0 spiro atoms. The fourth-order valence-electron chi connectivity index (χ4n) is 2.29. The number of aliphatic hydroxyl groups excluding tert-OH is 1. The van der Waals surface area contributed by atoms with E-state index < -0.39 is 6.10 Å². The molecule has 6 heteroatoms. The van der Waals surface area contributed by atoms with Crippen LogP contribution in [-0.2, 0) is 6.42 Å². The molecule has 2 N–H and O–H groups in total. The van der Waals surface area contributed by atoms with Gasteiger partial charge in [-0.05, 0) is 42.9 Å². The lowest BCUT2D eigenvalue weighted by Gasteiger charge is -2.21. The molecule has 1 aromatic carbocycles. The number of amides is 2. The van der Waals surface area contributed by atoms with Crippen molar-refractivity contribution in [3.05, 3.63) is 28.8 Å². The number of benzene rings is 1.